The second kappa shape index (κ2) is 7.61. The van der Waals surface area contributed by atoms with Gasteiger partial charge in [-0.2, -0.15) is 4.31 Å². The zero-order valence-electron chi connectivity index (χ0n) is 17.8. The Morgan fingerprint density at radius 3 is 2.10 bits per heavy atom. The van der Waals surface area contributed by atoms with Gasteiger partial charge in [-0.15, -0.1) is 0 Å². The lowest BCUT2D eigenvalue weighted by Gasteiger charge is -2.55. The molecule has 164 valence electrons. The lowest BCUT2D eigenvalue weighted by molar-refractivity contribution is -0.754. The zero-order valence-corrected chi connectivity index (χ0v) is 18.7. The molecule has 1 saturated heterocycles. The Morgan fingerprint density at radius 2 is 1.57 bits per heavy atom. The van der Waals surface area contributed by atoms with Gasteiger partial charge in [-0.25, -0.2) is 8.42 Å². The van der Waals surface area contributed by atoms with E-state index >= 15 is 0 Å². The summed E-state index contributed by atoms with van der Waals surface area (Å²) < 4.78 is 26.9. The maximum Gasteiger partial charge on any atom is 0.282 e. The summed E-state index contributed by atoms with van der Waals surface area (Å²) in [6, 6.07) is 6.48. The van der Waals surface area contributed by atoms with Gasteiger partial charge in [-0.3, -0.25) is 4.79 Å². The summed E-state index contributed by atoms with van der Waals surface area (Å²) in [4.78, 5) is 13.2. The topological polar surface area (TPSA) is 83.1 Å². The summed E-state index contributed by atoms with van der Waals surface area (Å²) in [5.74, 6) is 2.61. The fourth-order valence-corrected chi connectivity index (χ4v) is 8.55. The summed E-state index contributed by atoms with van der Waals surface area (Å²) in [5, 5.41) is 5.34. The Bertz CT molecular complexity index is 871. The number of hydrogen-bond donors (Lipinski definition) is 2. The second-order valence-electron chi connectivity index (χ2n) is 10.4. The Morgan fingerprint density at radius 1 is 1.03 bits per heavy atom. The molecule has 5 fully saturated rings. The second-order valence-corrected chi connectivity index (χ2v) is 12.3. The van der Waals surface area contributed by atoms with Gasteiger partial charge < -0.3 is 10.6 Å². The summed E-state index contributed by atoms with van der Waals surface area (Å²) in [5.41, 5.74) is 0.922. The number of sulfonamides is 1. The minimum absolute atomic E-state index is 0.000829. The SMILES string of the molecule is C[C@H]([NH2+]C12CC3CC(CC(C3)C1)C2)C(=O)Nc1ccc(S(=O)(=O)N2CCCC2)cc1. The lowest BCUT2D eigenvalue weighted by atomic mass is 9.53. The molecule has 1 aromatic carbocycles. The maximum atomic E-state index is 12.9. The Balaban J connectivity index is 1.21. The van der Waals surface area contributed by atoms with Gasteiger partial charge in [0.2, 0.25) is 10.0 Å². The maximum absolute atomic E-state index is 12.9. The van der Waals surface area contributed by atoms with Crippen molar-refractivity contribution in [3.8, 4) is 0 Å². The molecule has 1 aromatic rings. The van der Waals surface area contributed by atoms with Crippen LogP contribution in [-0.2, 0) is 14.8 Å². The third-order valence-electron chi connectivity index (χ3n) is 7.93. The molecular weight excluding hydrogens is 398 g/mol. The molecule has 5 aliphatic rings. The normalized spacial score (nSPS) is 34.2. The van der Waals surface area contributed by atoms with E-state index in [4.69, 9.17) is 0 Å². The number of anilines is 1. The number of nitrogens with zero attached hydrogens (tertiary/aromatic N) is 1. The van der Waals surface area contributed by atoms with Crippen LogP contribution >= 0.6 is 0 Å². The third-order valence-corrected chi connectivity index (χ3v) is 9.84. The van der Waals surface area contributed by atoms with Gasteiger partial charge in [0.05, 0.1) is 10.4 Å². The van der Waals surface area contributed by atoms with E-state index in [0.717, 1.165) is 30.6 Å². The Hall–Kier alpha value is -1.44. The van der Waals surface area contributed by atoms with Crippen LogP contribution in [0.25, 0.3) is 0 Å². The van der Waals surface area contributed by atoms with Crippen molar-refractivity contribution in [1.82, 2.24) is 4.31 Å². The molecule has 1 atom stereocenters. The highest BCUT2D eigenvalue weighted by Gasteiger charge is 2.54. The Kier molecular flexibility index (Phi) is 5.19. The van der Waals surface area contributed by atoms with Crippen molar-refractivity contribution in [2.75, 3.05) is 18.4 Å². The molecule has 4 aliphatic carbocycles. The molecule has 0 unspecified atom stereocenters. The number of rotatable bonds is 6. The monoisotopic (exact) mass is 432 g/mol. The van der Waals surface area contributed by atoms with Crippen LogP contribution in [0, 0.1) is 17.8 Å². The van der Waals surface area contributed by atoms with Crippen molar-refractivity contribution in [1.29, 1.82) is 0 Å². The molecule has 0 aromatic heterocycles. The van der Waals surface area contributed by atoms with Crippen molar-refractivity contribution < 1.29 is 18.5 Å². The molecule has 6 nitrogen and oxygen atoms in total. The first-order chi connectivity index (χ1) is 14.3. The van der Waals surface area contributed by atoms with Gasteiger partial charge in [-0.1, -0.05) is 0 Å². The highest BCUT2D eigenvalue weighted by molar-refractivity contribution is 7.89. The highest BCUT2D eigenvalue weighted by atomic mass is 32.2. The summed E-state index contributed by atoms with van der Waals surface area (Å²) in [6.07, 6.45) is 9.84. The van der Waals surface area contributed by atoms with Crippen molar-refractivity contribution in [3.63, 3.8) is 0 Å². The number of hydrogen-bond acceptors (Lipinski definition) is 3. The average Bonchev–Trinajstić information content (AvgIpc) is 3.22. The molecule has 3 N–H and O–H groups in total. The van der Waals surface area contributed by atoms with E-state index in [1.807, 2.05) is 6.92 Å². The van der Waals surface area contributed by atoms with Gasteiger partial charge in [0.15, 0.2) is 6.04 Å². The van der Waals surface area contributed by atoms with Crippen molar-refractivity contribution in [3.05, 3.63) is 24.3 Å². The average molecular weight is 433 g/mol. The van der Waals surface area contributed by atoms with E-state index < -0.39 is 10.0 Å². The van der Waals surface area contributed by atoms with E-state index in [9.17, 15) is 13.2 Å². The quantitative estimate of drug-likeness (QED) is 0.724. The lowest BCUT2D eigenvalue weighted by Crippen LogP contribution is -3.03. The molecule has 1 aliphatic heterocycles. The molecule has 7 heteroatoms. The molecule has 1 heterocycles. The highest BCUT2D eigenvalue weighted by Crippen LogP contribution is 2.54. The van der Waals surface area contributed by atoms with E-state index in [0.29, 0.717) is 23.7 Å². The number of benzene rings is 1. The van der Waals surface area contributed by atoms with E-state index in [2.05, 4.69) is 10.6 Å². The molecule has 30 heavy (non-hydrogen) atoms. The van der Waals surface area contributed by atoms with Crippen LogP contribution in [0.1, 0.15) is 58.3 Å². The minimum atomic E-state index is -3.42. The predicted octanol–water partition coefficient (Wildman–Crippen LogP) is 2.33. The van der Waals surface area contributed by atoms with Crippen LogP contribution in [0.5, 0.6) is 0 Å². The summed E-state index contributed by atoms with van der Waals surface area (Å²) in [6.45, 7) is 3.19. The molecule has 4 bridgehead atoms. The fourth-order valence-electron chi connectivity index (χ4n) is 7.03. The van der Waals surface area contributed by atoms with Gasteiger partial charge in [0, 0.05) is 38.0 Å². The van der Waals surface area contributed by atoms with Crippen molar-refractivity contribution in [2.45, 2.75) is 74.8 Å². The van der Waals surface area contributed by atoms with Crippen LogP contribution in [0.15, 0.2) is 29.2 Å². The van der Waals surface area contributed by atoms with Gasteiger partial charge in [-0.05, 0) is 81.0 Å². The van der Waals surface area contributed by atoms with Crippen molar-refractivity contribution in [2.24, 2.45) is 17.8 Å². The molecule has 6 rings (SSSR count). The van der Waals surface area contributed by atoms with Crippen LogP contribution in [0.2, 0.25) is 0 Å². The fraction of sp³-hybridized carbons (Fsp3) is 0.696. The van der Waals surface area contributed by atoms with Crippen LogP contribution < -0.4 is 10.6 Å². The van der Waals surface area contributed by atoms with Crippen LogP contribution in [0.3, 0.4) is 0 Å². The van der Waals surface area contributed by atoms with Gasteiger partial charge in [0.25, 0.3) is 5.91 Å². The zero-order chi connectivity index (χ0) is 20.9. The predicted molar refractivity (Wildman–Crippen MR) is 115 cm³/mol. The number of amides is 1. The van der Waals surface area contributed by atoms with Crippen LogP contribution in [0.4, 0.5) is 5.69 Å². The standard InChI is InChI=1S/C23H33N3O3S/c1-16(25-23-13-17-10-18(14-23)12-19(11-17)15-23)22(27)24-20-4-6-21(7-5-20)30(28,29)26-8-2-3-9-26/h4-7,16-19,25H,2-3,8-15H2,1H3,(H,24,27)/p+1/t16-,17?,18?,19?,23?/m0/s1. The van der Waals surface area contributed by atoms with Crippen LogP contribution in [-0.4, -0.2) is 43.3 Å². The Labute approximate surface area is 179 Å². The van der Waals surface area contributed by atoms with E-state index in [1.165, 1.54) is 38.5 Å². The van der Waals surface area contributed by atoms with E-state index in [-0.39, 0.29) is 17.5 Å². The first-order valence-corrected chi connectivity index (χ1v) is 13.0. The largest absolute Gasteiger partial charge is 0.331 e. The summed E-state index contributed by atoms with van der Waals surface area (Å²) >= 11 is 0. The van der Waals surface area contributed by atoms with E-state index in [1.54, 1.807) is 28.6 Å². The number of carbonyl (C=O) groups excluding carboxylic acids is 1. The summed E-state index contributed by atoms with van der Waals surface area (Å²) in [7, 11) is -3.42. The molecule has 4 saturated carbocycles. The number of carbonyl (C=O) groups is 1. The molecule has 0 radical (unpaired) electrons. The van der Waals surface area contributed by atoms with Crippen molar-refractivity contribution >= 4 is 21.6 Å². The number of quaternary nitrogens is 1. The third kappa shape index (κ3) is 3.80. The molecular formula is C23H34N3O3S+. The molecule has 0 spiro atoms. The minimum Gasteiger partial charge on any atom is -0.331 e. The first-order valence-electron chi connectivity index (χ1n) is 11.6. The number of nitrogens with two attached hydrogens (primary N) is 1. The van der Waals surface area contributed by atoms with Gasteiger partial charge in [0.1, 0.15) is 0 Å². The molecule has 1 amide bonds. The smallest absolute Gasteiger partial charge is 0.282 e. The number of nitrogens with one attached hydrogen (secondary N) is 1. The van der Waals surface area contributed by atoms with Gasteiger partial charge >= 0.3 is 0 Å². The first kappa shape index (κ1) is 20.5.